The smallest absolute Gasteiger partial charge is 0.243 e. The number of hydrogen-bond acceptors (Lipinski definition) is 3. The Morgan fingerprint density at radius 3 is 2.71 bits per heavy atom. The number of hydroxylamine groups is 1. The molecule has 0 unspecified atom stereocenters. The third-order valence-electron chi connectivity index (χ3n) is 2.15. The molecule has 1 rings (SSSR count). The lowest BCUT2D eigenvalue weighted by molar-refractivity contribution is -0.144. The van der Waals surface area contributed by atoms with Crippen molar-refractivity contribution in [3.63, 3.8) is 0 Å². The summed E-state index contributed by atoms with van der Waals surface area (Å²) in [6, 6.07) is 7.61. The fraction of sp³-hybridized carbons (Fsp3) is 0.417. The molecule has 1 aromatic rings. The summed E-state index contributed by atoms with van der Waals surface area (Å²) in [4.78, 5) is 16.0. The van der Waals surface area contributed by atoms with Gasteiger partial charge in [0.25, 0.3) is 0 Å². The topological polar surface area (TPSA) is 47.6 Å². The van der Waals surface area contributed by atoms with Crippen LogP contribution in [0, 0.1) is 0 Å². The van der Waals surface area contributed by atoms with E-state index in [1.807, 2.05) is 24.3 Å². The number of rotatable bonds is 7. The lowest BCUT2D eigenvalue weighted by Gasteiger charge is -2.04. The zero-order valence-electron chi connectivity index (χ0n) is 9.74. The third kappa shape index (κ3) is 6.26. The molecule has 0 heterocycles. The summed E-state index contributed by atoms with van der Waals surface area (Å²) in [5.41, 5.74) is 3.46. The molecule has 94 valence electrons. The molecule has 0 aliphatic heterocycles. The zero-order valence-corrected chi connectivity index (χ0v) is 10.5. The summed E-state index contributed by atoms with van der Waals surface area (Å²) in [5.74, 6) is -0.143. The second kappa shape index (κ2) is 8.06. The average Bonchev–Trinajstić information content (AvgIpc) is 2.32. The van der Waals surface area contributed by atoms with Crippen molar-refractivity contribution in [3.05, 3.63) is 34.9 Å². The number of hydrogen-bond donors (Lipinski definition) is 1. The van der Waals surface area contributed by atoms with Crippen LogP contribution in [0.2, 0.25) is 5.02 Å². The predicted molar refractivity (Wildman–Crippen MR) is 65.5 cm³/mol. The standard InChI is InChI=1S/C12H16ClNO3/c1-16-9-17-14-12(15)4-2-3-10-5-7-11(13)8-6-10/h5-8H,2-4,9H2,1H3,(H,14,15). The minimum Gasteiger partial charge on any atom is -0.356 e. The monoisotopic (exact) mass is 257 g/mol. The molecule has 0 radical (unpaired) electrons. The average molecular weight is 258 g/mol. The summed E-state index contributed by atoms with van der Waals surface area (Å²) in [7, 11) is 1.49. The first kappa shape index (κ1) is 14.0. The van der Waals surface area contributed by atoms with E-state index in [1.54, 1.807) is 0 Å². The van der Waals surface area contributed by atoms with Crippen molar-refractivity contribution < 1.29 is 14.4 Å². The molecule has 0 spiro atoms. The molecule has 5 heteroatoms. The maximum atomic E-state index is 11.2. The summed E-state index contributed by atoms with van der Waals surface area (Å²) >= 11 is 5.77. The van der Waals surface area contributed by atoms with E-state index in [0.717, 1.165) is 17.9 Å². The molecule has 0 aromatic heterocycles. The fourth-order valence-electron chi connectivity index (χ4n) is 1.32. The van der Waals surface area contributed by atoms with Gasteiger partial charge in [-0.1, -0.05) is 23.7 Å². The molecule has 0 atom stereocenters. The van der Waals surface area contributed by atoms with E-state index < -0.39 is 0 Å². The molecule has 4 nitrogen and oxygen atoms in total. The van der Waals surface area contributed by atoms with Gasteiger partial charge in [-0.05, 0) is 30.5 Å². The van der Waals surface area contributed by atoms with Crippen LogP contribution in [0.15, 0.2) is 24.3 Å². The summed E-state index contributed by atoms with van der Waals surface area (Å²) in [6.07, 6.45) is 2.03. The molecule has 1 aromatic carbocycles. The van der Waals surface area contributed by atoms with Crippen LogP contribution in [0.25, 0.3) is 0 Å². The number of methoxy groups -OCH3 is 1. The normalized spacial score (nSPS) is 10.2. The second-order valence-corrected chi connectivity index (χ2v) is 3.99. The van der Waals surface area contributed by atoms with E-state index >= 15 is 0 Å². The van der Waals surface area contributed by atoms with E-state index in [4.69, 9.17) is 16.4 Å². The van der Waals surface area contributed by atoms with Gasteiger partial charge < -0.3 is 4.74 Å². The lowest BCUT2D eigenvalue weighted by atomic mass is 10.1. The van der Waals surface area contributed by atoms with E-state index in [9.17, 15) is 4.79 Å². The highest BCUT2D eigenvalue weighted by molar-refractivity contribution is 6.30. The van der Waals surface area contributed by atoms with Gasteiger partial charge in [-0.3, -0.25) is 4.79 Å². The second-order valence-electron chi connectivity index (χ2n) is 3.56. The molecular weight excluding hydrogens is 242 g/mol. The fourth-order valence-corrected chi connectivity index (χ4v) is 1.45. The highest BCUT2D eigenvalue weighted by atomic mass is 35.5. The molecule has 0 aliphatic rings. The number of benzene rings is 1. The molecule has 0 fully saturated rings. The van der Waals surface area contributed by atoms with Gasteiger partial charge in [0, 0.05) is 18.6 Å². The first-order valence-corrected chi connectivity index (χ1v) is 5.74. The van der Waals surface area contributed by atoms with Crippen LogP contribution in [0.1, 0.15) is 18.4 Å². The van der Waals surface area contributed by atoms with Crippen molar-refractivity contribution in [2.45, 2.75) is 19.3 Å². The van der Waals surface area contributed by atoms with Crippen molar-refractivity contribution in [1.82, 2.24) is 5.48 Å². The molecule has 1 amide bonds. The Labute approximate surface area is 106 Å². The van der Waals surface area contributed by atoms with Crippen LogP contribution in [0.5, 0.6) is 0 Å². The minimum atomic E-state index is -0.143. The van der Waals surface area contributed by atoms with Gasteiger partial charge in [0.15, 0.2) is 6.79 Å². The van der Waals surface area contributed by atoms with Crippen molar-refractivity contribution in [3.8, 4) is 0 Å². The van der Waals surface area contributed by atoms with Crippen LogP contribution in [0.4, 0.5) is 0 Å². The zero-order chi connectivity index (χ0) is 12.5. The first-order chi connectivity index (χ1) is 8.22. The van der Waals surface area contributed by atoms with Crippen LogP contribution in [-0.2, 0) is 20.8 Å². The highest BCUT2D eigenvalue weighted by Gasteiger charge is 2.01. The Morgan fingerprint density at radius 1 is 1.35 bits per heavy atom. The van der Waals surface area contributed by atoms with E-state index in [0.29, 0.717) is 6.42 Å². The van der Waals surface area contributed by atoms with Gasteiger partial charge in [0.2, 0.25) is 5.91 Å². The Hall–Kier alpha value is -1.10. The van der Waals surface area contributed by atoms with Crippen LogP contribution in [0.3, 0.4) is 0 Å². The number of carbonyl (C=O) groups excluding carboxylic acids is 1. The van der Waals surface area contributed by atoms with E-state index in [-0.39, 0.29) is 12.7 Å². The van der Waals surface area contributed by atoms with Crippen LogP contribution >= 0.6 is 11.6 Å². The van der Waals surface area contributed by atoms with E-state index in [1.165, 1.54) is 12.7 Å². The van der Waals surface area contributed by atoms with Crippen LogP contribution in [-0.4, -0.2) is 19.8 Å². The van der Waals surface area contributed by atoms with E-state index in [2.05, 4.69) is 10.2 Å². The van der Waals surface area contributed by atoms with Gasteiger partial charge in [0.1, 0.15) is 0 Å². The first-order valence-electron chi connectivity index (χ1n) is 5.36. The maximum absolute atomic E-state index is 11.2. The largest absolute Gasteiger partial charge is 0.356 e. The molecular formula is C12H16ClNO3. The Bertz CT molecular complexity index is 340. The quantitative estimate of drug-likeness (QED) is 0.463. The number of carbonyl (C=O) groups is 1. The molecule has 1 N–H and O–H groups in total. The number of amides is 1. The Morgan fingerprint density at radius 2 is 2.06 bits per heavy atom. The van der Waals surface area contributed by atoms with Gasteiger partial charge >= 0.3 is 0 Å². The molecule has 17 heavy (non-hydrogen) atoms. The van der Waals surface area contributed by atoms with Crippen molar-refractivity contribution in [2.24, 2.45) is 0 Å². The number of halogens is 1. The van der Waals surface area contributed by atoms with Gasteiger partial charge in [-0.2, -0.15) is 0 Å². The summed E-state index contributed by atoms with van der Waals surface area (Å²) < 4.78 is 4.63. The predicted octanol–water partition coefficient (Wildman–Crippen LogP) is 2.31. The number of aryl methyl sites for hydroxylation is 1. The highest BCUT2D eigenvalue weighted by Crippen LogP contribution is 2.11. The summed E-state index contributed by atoms with van der Waals surface area (Å²) in [5, 5.41) is 0.722. The summed E-state index contributed by atoms with van der Waals surface area (Å²) in [6.45, 7) is 0.0585. The SMILES string of the molecule is COCONC(=O)CCCc1ccc(Cl)cc1. The van der Waals surface area contributed by atoms with Crippen molar-refractivity contribution in [1.29, 1.82) is 0 Å². The Balaban J connectivity index is 2.14. The number of nitrogens with one attached hydrogen (secondary N) is 1. The van der Waals surface area contributed by atoms with Gasteiger partial charge in [0.05, 0.1) is 0 Å². The van der Waals surface area contributed by atoms with Gasteiger partial charge in [-0.25, -0.2) is 10.3 Å². The molecule has 0 bridgehead atoms. The lowest BCUT2D eigenvalue weighted by Crippen LogP contribution is -2.24. The van der Waals surface area contributed by atoms with Gasteiger partial charge in [-0.15, -0.1) is 0 Å². The van der Waals surface area contributed by atoms with Crippen LogP contribution < -0.4 is 5.48 Å². The molecule has 0 aliphatic carbocycles. The number of ether oxygens (including phenoxy) is 1. The third-order valence-corrected chi connectivity index (χ3v) is 2.40. The maximum Gasteiger partial charge on any atom is 0.243 e. The minimum absolute atomic E-state index is 0.0585. The Kier molecular flexibility index (Phi) is 6.62. The van der Waals surface area contributed by atoms with Crippen molar-refractivity contribution >= 4 is 17.5 Å². The molecule has 0 saturated heterocycles. The van der Waals surface area contributed by atoms with Crippen molar-refractivity contribution in [2.75, 3.05) is 13.9 Å². The molecule has 0 saturated carbocycles.